The Morgan fingerprint density at radius 1 is 1.05 bits per heavy atom. The molecule has 0 fully saturated rings. The Balaban J connectivity index is 2.01. The Morgan fingerprint density at radius 2 is 1.63 bits per heavy atom. The van der Waals surface area contributed by atoms with Crippen molar-refractivity contribution in [1.29, 1.82) is 0 Å². The van der Waals surface area contributed by atoms with Gasteiger partial charge in [0.25, 0.3) is 0 Å². The Kier molecular flexibility index (Phi) is 4.35. The lowest BCUT2D eigenvalue weighted by molar-refractivity contribution is 0.619. The minimum Gasteiger partial charge on any atom is -0.332 e. The van der Waals surface area contributed by atoms with E-state index >= 15 is 0 Å². The number of thiocarbonyl (C=S) groups is 1. The van der Waals surface area contributed by atoms with Crippen LogP contribution >= 0.6 is 23.8 Å². The van der Waals surface area contributed by atoms with Gasteiger partial charge in [-0.1, -0.05) is 11.6 Å². The van der Waals surface area contributed by atoms with Gasteiger partial charge in [0, 0.05) is 16.4 Å². The molecule has 0 aliphatic heterocycles. The Hall–Kier alpha value is -1.65. The summed E-state index contributed by atoms with van der Waals surface area (Å²) in [5, 5.41) is 7.12. The topological polar surface area (TPSA) is 24.1 Å². The summed E-state index contributed by atoms with van der Waals surface area (Å²) in [4.78, 5) is 0. The van der Waals surface area contributed by atoms with Crippen molar-refractivity contribution in [1.82, 2.24) is 0 Å². The zero-order valence-corrected chi connectivity index (χ0v) is 11.8. The van der Waals surface area contributed by atoms with Crippen LogP contribution in [0.25, 0.3) is 0 Å². The SMILES string of the molecule is Cc1cc(NC(=S)Nc2ccc(Cl)cc2)ccc1F. The Morgan fingerprint density at radius 3 is 2.26 bits per heavy atom. The molecule has 2 aromatic rings. The lowest BCUT2D eigenvalue weighted by Gasteiger charge is -2.11. The molecule has 0 aromatic heterocycles. The van der Waals surface area contributed by atoms with Crippen LogP contribution in [0.2, 0.25) is 5.02 Å². The number of aryl methyl sites for hydroxylation is 1. The summed E-state index contributed by atoms with van der Waals surface area (Å²) in [6, 6.07) is 11.9. The third-order valence-corrected chi connectivity index (χ3v) is 2.97. The smallest absolute Gasteiger partial charge is 0.175 e. The molecule has 0 bridgehead atoms. The first kappa shape index (κ1) is 13.8. The van der Waals surface area contributed by atoms with Gasteiger partial charge < -0.3 is 10.6 Å². The molecular formula is C14H12ClFN2S. The summed E-state index contributed by atoms with van der Waals surface area (Å²) in [6.45, 7) is 1.70. The van der Waals surface area contributed by atoms with Gasteiger partial charge in [-0.05, 0) is 67.2 Å². The second kappa shape index (κ2) is 5.99. The summed E-state index contributed by atoms with van der Waals surface area (Å²) < 4.78 is 13.1. The largest absolute Gasteiger partial charge is 0.332 e. The van der Waals surface area contributed by atoms with Crippen LogP contribution in [0.3, 0.4) is 0 Å². The van der Waals surface area contributed by atoms with Crippen molar-refractivity contribution in [2.75, 3.05) is 10.6 Å². The second-order valence-corrected chi connectivity index (χ2v) is 4.89. The number of halogens is 2. The zero-order valence-electron chi connectivity index (χ0n) is 10.2. The molecule has 0 saturated heterocycles. The fourth-order valence-corrected chi connectivity index (χ4v) is 1.91. The molecule has 2 rings (SSSR count). The molecule has 0 amide bonds. The second-order valence-electron chi connectivity index (χ2n) is 4.05. The normalized spacial score (nSPS) is 10.1. The van der Waals surface area contributed by atoms with Crippen LogP contribution in [-0.2, 0) is 0 Å². The summed E-state index contributed by atoms with van der Waals surface area (Å²) in [5.74, 6) is -0.234. The van der Waals surface area contributed by atoms with E-state index in [9.17, 15) is 4.39 Å². The van der Waals surface area contributed by atoms with E-state index in [1.807, 2.05) is 12.1 Å². The van der Waals surface area contributed by atoms with Crippen LogP contribution in [0.4, 0.5) is 15.8 Å². The van der Waals surface area contributed by atoms with E-state index in [1.165, 1.54) is 6.07 Å². The van der Waals surface area contributed by atoms with Gasteiger partial charge in [0.05, 0.1) is 0 Å². The minimum absolute atomic E-state index is 0.234. The van der Waals surface area contributed by atoms with Gasteiger partial charge in [0.1, 0.15) is 5.82 Å². The maximum absolute atomic E-state index is 13.1. The van der Waals surface area contributed by atoms with Crippen LogP contribution in [0.1, 0.15) is 5.56 Å². The van der Waals surface area contributed by atoms with Gasteiger partial charge in [-0.2, -0.15) is 0 Å². The standard InChI is InChI=1S/C14H12ClFN2S/c1-9-8-12(6-7-13(9)16)18-14(19)17-11-4-2-10(15)3-5-11/h2-8H,1H3,(H2,17,18,19). The summed E-state index contributed by atoms with van der Waals surface area (Å²) in [6.07, 6.45) is 0. The first-order valence-electron chi connectivity index (χ1n) is 5.64. The van der Waals surface area contributed by atoms with Crippen molar-refractivity contribution in [3.05, 3.63) is 58.9 Å². The first-order chi connectivity index (χ1) is 9.04. The van der Waals surface area contributed by atoms with E-state index in [0.29, 0.717) is 15.7 Å². The van der Waals surface area contributed by atoms with Gasteiger partial charge >= 0.3 is 0 Å². The molecule has 0 spiro atoms. The molecule has 19 heavy (non-hydrogen) atoms. The minimum atomic E-state index is -0.234. The monoisotopic (exact) mass is 294 g/mol. The lowest BCUT2D eigenvalue weighted by Crippen LogP contribution is -2.19. The first-order valence-corrected chi connectivity index (χ1v) is 6.43. The van der Waals surface area contributed by atoms with Crippen molar-refractivity contribution < 1.29 is 4.39 Å². The van der Waals surface area contributed by atoms with Crippen LogP contribution in [0, 0.1) is 12.7 Å². The van der Waals surface area contributed by atoms with E-state index in [1.54, 1.807) is 31.2 Å². The number of benzene rings is 2. The van der Waals surface area contributed by atoms with Gasteiger partial charge in [0.2, 0.25) is 0 Å². The third kappa shape index (κ3) is 3.91. The average Bonchev–Trinajstić information content (AvgIpc) is 2.37. The highest BCUT2D eigenvalue weighted by Gasteiger charge is 2.02. The molecule has 2 aromatic carbocycles. The number of hydrogen-bond donors (Lipinski definition) is 2. The van der Waals surface area contributed by atoms with Crippen molar-refractivity contribution in [3.8, 4) is 0 Å². The maximum atomic E-state index is 13.1. The highest BCUT2D eigenvalue weighted by Crippen LogP contribution is 2.16. The highest BCUT2D eigenvalue weighted by atomic mass is 35.5. The highest BCUT2D eigenvalue weighted by molar-refractivity contribution is 7.80. The third-order valence-electron chi connectivity index (χ3n) is 2.52. The Bertz CT molecular complexity index is 599. The van der Waals surface area contributed by atoms with E-state index in [-0.39, 0.29) is 5.82 Å². The van der Waals surface area contributed by atoms with E-state index in [2.05, 4.69) is 10.6 Å². The van der Waals surface area contributed by atoms with Crippen molar-refractivity contribution in [2.45, 2.75) is 6.92 Å². The number of anilines is 2. The molecule has 2 nitrogen and oxygen atoms in total. The van der Waals surface area contributed by atoms with Crippen molar-refractivity contribution in [2.24, 2.45) is 0 Å². The molecule has 0 radical (unpaired) electrons. The summed E-state index contributed by atoms with van der Waals surface area (Å²) in [5.41, 5.74) is 2.14. The average molecular weight is 295 g/mol. The fourth-order valence-electron chi connectivity index (χ4n) is 1.55. The molecule has 98 valence electrons. The molecular weight excluding hydrogens is 283 g/mol. The Labute approximate surface area is 121 Å². The number of nitrogens with one attached hydrogen (secondary N) is 2. The van der Waals surface area contributed by atoms with E-state index in [4.69, 9.17) is 23.8 Å². The molecule has 0 atom stereocenters. The van der Waals surface area contributed by atoms with Crippen molar-refractivity contribution in [3.63, 3.8) is 0 Å². The van der Waals surface area contributed by atoms with Gasteiger partial charge in [-0.3, -0.25) is 0 Å². The van der Waals surface area contributed by atoms with Gasteiger partial charge in [0.15, 0.2) is 5.11 Å². The van der Waals surface area contributed by atoms with Crippen molar-refractivity contribution >= 4 is 40.3 Å². The van der Waals surface area contributed by atoms with Gasteiger partial charge in [-0.25, -0.2) is 4.39 Å². The fraction of sp³-hybridized carbons (Fsp3) is 0.0714. The molecule has 0 saturated carbocycles. The summed E-state index contributed by atoms with van der Waals surface area (Å²) >= 11 is 11.0. The molecule has 0 aliphatic rings. The maximum Gasteiger partial charge on any atom is 0.175 e. The molecule has 0 unspecified atom stereocenters. The van der Waals surface area contributed by atoms with Crippen LogP contribution in [-0.4, -0.2) is 5.11 Å². The van der Waals surface area contributed by atoms with E-state index < -0.39 is 0 Å². The lowest BCUT2D eigenvalue weighted by atomic mass is 10.2. The van der Waals surface area contributed by atoms with Crippen LogP contribution in [0.15, 0.2) is 42.5 Å². The predicted octanol–water partition coefficient (Wildman–Crippen LogP) is 4.60. The zero-order chi connectivity index (χ0) is 13.8. The molecule has 0 heterocycles. The van der Waals surface area contributed by atoms with E-state index in [0.717, 1.165) is 11.4 Å². The number of hydrogen-bond acceptors (Lipinski definition) is 1. The number of rotatable bonds is 2. The van der Waals surface area contributed by atoms with Crippen LogP contribution in [0.5, 0.6) is 0 Å². The quantitative estimate of drug-likeness (QED) is 0.792. The molecule has 0 aliphatic carbocycles. The predicted molar refractivity (Wildman–Crippen MR) is 82.4 cm³/mol. The van der Waals surface area contributed by atoms with Crippen LogP contribution < -0.4 is 10.6 Å². The molecule has 5 heteroatoms. The molecule has 2 N–H and O–H groups in total. The summed E-state index contributed by atoms with van der Waals surface area (Å²) in [7, 11) is 0. The van der Waals surface area contributed by atoms with Gasteiger partial charge in [-0.15, -0.1) is 0 Å².